The minimum Gasteiger partial charge on any atom is -0.267 e. The van der Waals surface area contributed by atoms with Gasteiger partial charge >= 0.3 is 0 Å². The first-order valence-electron chi connectivity index (χ1n) is 9.74. The van der Waals surface area contributed by atoms with Gasteiger partial charge in [0.2, 0.25) is 0 Å². The number of alkyl halides is 2. The van der Waals surface area contributed by atoms with Gasteiger partial charge in [-0.2, -0.15) is 13.9 Å². The fraction of sp³-hybridized carbons (Fsp3) is 0.0435. The van der Waals surface area contributed by atoms with E-state index in [4.69, 9.17) is 0 Å². The van der Waals surface area contributed by atoms with Crippen molar-refractivity contribution in [1.29, 1.82) is 0 Å². The van der Waals surface area contributed by atoms with Crippen LogP contribution in [0.1, 0.15) is 20.7 Å². The van der Waals surface area contributed by atoms with Gasteiger partial charge in [0.05, 0.1) is 16.8 Å². The predicted octanol–water partition coefficient (Wildman–Crippen LogP) is 4.32. The zero-order valence-corrected chi connectivity index (χ0v) is 17.8. The molecule has 0 saturated heterocycles. The van der Waals surface area contributed by atoms with Gasteiger partial charge in [0, 0.05) is 18.0 Å². The van der Waals surface area contributed by atoms with Crippen molar-refractivity contribution >= 4 is 23.6 Å². The van der Waals surface area contributed by atoms with Crippen molar-refractivity contribution in [2.45, 2.75) is 10.8 Å². The van der Waals surface area contributed by atoms with Crippen molar-refractivity contribution in [3.8, 4) is 16.9 Å². The van der Waals surface area contributed by atoms with Crippen LogP contribution in [-0.2, 0) is 0 Å². The third-order valence-electron chi connectivity index (χ3n) is 4.53. The van der Waals surface area contributed by atoms with Gasteiger partial charge in [0.15, 0.2) is 0 Å². The summed E-state index contributed by atoms with van der Waals surface area (Å²) in [5.41, 5.74) is 6.63. The first kappa shape index (κ1) is 22.2. The molecule has 2 heterocycles. The smallest absolute Gasteiger partial charge is 0.267 e. The second-order valence-corrected chi connectivity index (χ2v) is 7.66. The maximum Gasteiger partial charge on any atom is 0.290 e. The highest BCUT2D eigenvalue weighted by atomic mass is 32.2. The first-order valence-corrected chi connectivity index (χ1v) is 10.6. The molecule has 2 aromatic carbocycles. The maximum absolute atomic E-state index is 13.0. The summed E-state index contributed by atoms with van der Waals surface area (Å²) in [7, 11) is 0. The van der Waals surface area contributed by atoms with Gasteiger partial charge in [-0.05, 0) is 36.0 Å². The molecule has 0 aliphatic carbocycles. The number of nitrogens with zero attached hydrogens (tertiary/aromatic N) is 3. The number of aromatic nitrogens is 3. The fourth-order valence-corrected chi connectivity index (χ4v) is 3.63. The summed E-state index contributed by atoms with van der Waals surface area (Å²) in [6.45, 7) is 0. The summed E-state index contributed by atoms with van der Waals surface area (Å²) in [5.74, 6) is -4.12. The monoisotopic (exact) mass is 465 g/mol. The minimum atomic E-state index is -2.74. The number of rotatable bonds is 6. The van der Waals surface area contributed by atoms with E-state index in [0.29, 0.717) is 11.3 Å². The number of para-hydroxylation sites is 1. The highest BCUT2D eigenvalue weighted by Gasteiger charge is 2.21. The molecule has 2 amide bonds. The zero-order chi connectivity index (χ0) is 23.2. The lowest BCUT2D eigenvalue weighted by atomic mass is 10.1. The van der Waals surface area contributed by atoms with E-state index in [2.05, 4.69) is 20.9 Å². The summed E-state index contributed by atoms with van der Waals surface area (Å²) in [4.78, 5) is 29.3. The standard InChI is InChI=1S/C23H17F2N5O2S/c24-23(25)33-22-17(12-7-13-26-22)20(31)27-28-21(32)18-14-30(16-10-5-2-6-11-16)29-19(18)15-8-3-1-4-9-15/h1-14,23H,(H,27,31)(H,28,32). The van der Waals surface area contributed by atoms with E-state index in [-0.39, 0.29) is 27.9 Å². The van der Waals surface area contributed by atoms with E-state index in [9.17, 15) is 18.4 Å². The van der Waals surface area contributed by atoms with Crippen LogP contribution in [0, 0.1) is 0 Å². The average molecular weight is 465 g/mol. The van der Waals surface area contributed by atoms with E-state index < -0.39 is 17.6 Å². The maximum atomic E-state index is 13.0. The number of nitrogens with one attached hydrogen (secondary N) is 2. The Kier molecular flexibility index (Phi) is 6.75. The van der Waals surface area contributed by atoms with Crippen molar-refractivity contribution in [1.82, 2.24) is 25.6 Å². The van der Waals surface area contributed by atoms with Crippen molar-refractivity contribution in [2.75, 3.05) is 0 Å². The lowest BCUT2D eigenvalue weighted by Crippen LogP contribution is -2.42. The van der Waals surface area contributed by atoms with Crippen LogP contribution in [-0.4, -0.2) is 32.3 Å². The summed E-state index contributed by atoms with van der Waals surface area (Å²) in [6.07, 6.45) is 2.87. The number of carbonyl (C=O) groups excluding carboxylic acids is 2. The van der Waals surface area contributed by atoms with E-state index in [1.807, 2.05) is 60.7 Å². The molecule has 0 unspecified atom stereocenters. The van der Waals surface area contributed by atoms with Gasteiger partial charge < -0.3 is 0 Å². The van der Waals surface area contributed by atoms with Gasteiger partial charge in [-0.1, -0.05) is 48.5 Å². The molecular formula is C23H17F2N5O2S. The molecular weight excluding hydrogens is 448 g/mol. The van der Waals surface area contributed by atoms with Crippen LogP contribution in [0.15, 0.2) is 90.2 Å². The Morgan fingerprint density at radius 1 is 0.848 bits per heavy atom. The molecule has 0 atom stereocenters. The van der Waals surface area contributed by atoms with Crippen molar-refractivity contribution < 1.29 is 18.4 Å². The number of hydrazine groups is 1. The van der Waals surface area contributed by atoms with Gasteiger partial charge in [0.1, 0.15) is 10.7 Å². The summed E-state index contributed by atoms with van der Waals surface area (Å²) >= 11 is 0.153. The number of pyridine rings is 1. The highest BCUT2D eigenvalue weighted by molar-refractivity contribution is 7.99. The Hall–Kier alpha value is -4.05. The molecule has 7 nitrogen and oxygen atoms in total. The molecule has 0 fully saturated rings. The van der Waals surface area contributed by atoms with Gasteiger partial charge in [-0.3, -0.25) is 20.4 Å². The Morgan fingerprint density at radius 3 is 2.15 bits per heavy atom. The predicted molar refractivity (Wildman–Crippen MR) is 120 cm³/mol. The number of hydrogen-bond donors (Lipinski definition) is 2. The molecule has 2 aromatic heterocycles. The SMILES string of the molecule is O=C(NNC(=O)c1cn(-c2ccccc2)nc1-c1ccccc1)c1cccnc1SC(F)F. The second-order valence-electron chi connectivity index (χ2n) is 6.68. The number of thioether (sulfide) groups is 1. The molecule has 166 valence electrons. The number of halogens is 2. The lowest BCUT2D eigenvalue weighted by molar-refractivity contribution is 0.0845. The normalized spacial score (nSPS) is 10.8. The molecule has 0 saturated carbocycles. The molecule has 0 radical (unpaired) electrons. The average Bonchev–Trinajstić information content (AvgIpc) is 3.29. The molecule has 0 aliphatic heterocycles. The quantitative estimate of drug-likeness (QED) is 0.327. The third kappa shape index (κ3) is 5.24. The molecule has 2 N–H and O–H groups in total. The van der Waals surface area contributed by atoms with Gasteiger partial charge in [-0.25, -0.2) is 9.67 Å². The van der Waals surface area contributed by atoms with E-state index in [1.54, 1.807) is 10.9 Å². The Balaban J connectivity index is 1.58. The lowest BCUT2D eigenvalue weighted by Gasteiger charge is -2.10. The highest BCUT2D eigenvalue weighted by Crippen LogP contribution is 2.26. The molecule has 4 aromatic rings. The van der Waals surface area contributed by atoms with Crippen LogP contribution in [0.2, 0.25) is 0 Å². The van der Waals surface area contributed by atoms with Crippen LogP contribution in [0.5, 0.6) is 0 Å². The van der Waals surface area contributed by atoms with Crippen LogP contribution in [0.3, 0.4) is 0 Å². The van der Waals surface area contributed by atoms with E-state index in [0.717, 1.165) is 5.69 Å². The number of benzene rings is 2. The van der Waals surface area contributed by atoms with Crippen LogP contribution >= 0.6 is 11.8 Å². The van der Waals surface area contributed by atoms with Gasteiger partial charge in [0.25, 0.3) is 17.6 Å². The molecule has 0 aliphatic rings. The Labute approximate surface area is 191 Å². The van der Waals surface area contributed by atoms with Crippen molar-refractivity contribution in [2.24, 2.45) is 0 Å². The Bertz CT molecular complexity index is 1270. The summed E-state index contributed by atoms with van der Waals surface area (Å²) in [6, 6.07) is 21.2. The third-order valence-corrected chi connectivity index (χ3v) is 5.26. The van der Waals surface area contributed by atoms with Crippen LogP contribution in [0.25, 0.3) is 16.9 Å². The number of carbonyl (C=O) groups is 2. The molecule has 0 bridgehead atoms. The number of hydrogen-bond acceptors (Lipinski definition) is 5. The first-order chi connectivity index (χ1) is 16.0. The largest absolute Gasteiger partial charge is 0.290 e. The number of amides is 2. The van der Waals surface area contributed by atoms with E-state index >= 15 is 0 Å². The van der Waals surface area contributed by atoms with Crippen LogP contribution < -0.4 is 10.9 Å². The van der Waals surface area contributed by atoms with Crippen molar-refractivity contribution in [3.05, 3.63) is 96.3 Å². The second kappa shape index (κ2) is 10.0. The van der Waals surface area contributed by atoms with Crippen LogP contribution in [0.4, 0.5) is 8.78 Å². The summed E-state index contributed by atoms with van der Waals surface area (Å²) < 4.78 is 27.1. The van der Waals surface area contributed by atoms with Gasteiger partial charge in [-0.15, -0.1) is 0 Å². The topological polar surface area (TPSA) is 88.9 Å². The molecule has 4 rings (SSSR count). The van der Waals surface area contributed by atoms with E-state index in [1.165, 1.54) is 18.3 Å². The molecule has 0 spiro atoms. The summed E-state index contributed by atoms with van der Waals surface area (Å²) in [5, 5.41) is 4.41. The fourth-order valence-electron chi connectivity index (χ4n) is 3.05. The minimum absolute atomic E-state index is 0.0774. The molecule has 10 heteroatoms. The Morgan fingerprint density at radius 2 is 1.48 bits per heavy atom. The van der Waals surface area contributed by atoms with Crippen molar-refractivity contribution in [3.63, 3.8) is 0 Å². The zero-order valence-electron chi connectivity index (χ0n) is 17.0. The molecule has 33 heavy (non-hydrogen) atoms.